The van der Waals surface area contributed by atoms with Gasteiger partial charge >= 0.3 is 12.1 Å². The highest BCUT2D eigenvalue weighted by atomic mass is 16.5. The minimum absolute atomic E-state index is 0.000420. The molecule has 0 aliphatic carbocycles. The van der Waals surface area contributed by atoms with Crippen LogP contribution in [0.15, 0.2) is 0 Å². The Morgan fingerprint density at radius 3 is 2.67 bits per heavy atom. The van der Waals surface area contributed by atoms with Crippen molar-refractivity contribution in [2.45, 2.75) is 6.61 Å². The molecular formula is C7H10N4O4. The van der Waals surface area contributed by atoms with Gasteiger partial charge in [0.05, 0.1) is 14.2 Å². The molecule has 1 aromatic heterocycles. The zero-order valence-electron chi connectivity index (χ0n) is 8.22. The van der Waals surface area contributed by atoms with Crippen LogP contribution < -0.4 is 10.1 Å². The van der Waals surface area contributed by atoms with Crippen LogP contribution in [0.3, 0.4) is 0 Å². The summed E-state index contributed by atoms with van der Waals surface area (Å²) in [6.45, 7) is -0.380. The molecule has 82 valence electrons. The number of hydrogen-bond acceptors (Lipinski definition) is 7. The summed E-state index contributed by atoms with van der Waals surface area (Å²) in [5.41, 5.74) is 0. The highest BCUT2D eigenvalue weighted by molar-refractivity contribution is 5.81. The molecule has 0 bridgehead atoms. The van der Waals surface area contributed by atoms with Crippen LogP contribution >= 0.6 is 0 Å². The Balaban J connectivity index is 2.91. The van der Waals surface area contributed by atoms with Crippen molar-refractivity contribution in [1.82, 2.24) is 15.0 Å². The minimum Gasteiger partial charge on any atom is -0.467 e. The lowest BCUT2D eigenvalue weighted by Gasteiger charge is -2.04. The molecule has 15 heavy (non-hydrogen) atoms. The Morgan fingerprint density at radius 1 is 1.40 bits per heavy atom. The summed E-state index contributed by atoms with van der Waals surface area (Å²) in [4.78, 5) is 22.0. The second kappa shape index (κ2) is 5.05. The van der Waals surface area contributed by atoms with Gasteiger partial charge in [-0.25, -0.2) is 4.79 Å². The Morgan fingerprint density at radius 2 is 2.13 bits per heavy atom. The van der Waals surface area contributed by atoms with Gasteiger partial charge in [-0.3, -0.25) is 5.32 Å². The SMILES string of the molecule is COC(=O)Nc1nc(CO)nc(OC)n1. The van der Waals surface area contributed by atoms with E-state index in [0.717, 1.165) is 0 Å². The number of anilines is 1. The molecule has 0 atom stereocenters. The second-order valence-electron chi connectivity index (χ2n) is 2.34. The highest BCUT2D eigenvalue weighted by Gasteiger charge is 2.08. The molecular weight excluding hydrogens is 204 g/mol. The van der Waals surface area contributed by atoms with Gasteiger partial charge in [0.2, 0.25) is 5.95 Å². The zero-order valence-corrected chi connectivity index (χ0v) is 8.22. The van der Waals surface area contributed by atoms with Crippen LogP contribution in [-0.4, -0.2) is 40.4 Å². The number of rotatable bonds is 3. The number of nitrogens with zero attached hydrogens (tertiary/aromatic N) is 3. The fourth-order valence-corrected chi connectivity index (χ4v) is 0.758. The van der Waals surface area contributed by atoms with Crippen molar-refractivity contribution in [1.29, 1.82) is 0 Å². The van der Waals surface area contributed by atoms with Crippen LogP contribution in [0.2, 0.25) is 0 Å². The molecule has 2 N–H and O–H groups in total. The highest BCUT2D eigenvalue weighted by Crippen LogP contribution is 2.07. The number of carbonyl (C=O) groups excluding carboxylic acids is 1. The van der Waals surface area contributed by atoms with E-state index in [9.17, 15) is 4.79 Å². The van der Waals surface area contributed by atoms with Crippen LogP contribution in [0.4, 0.5) is 10.7 Å². The predicted octanol–water partition coefficient (Wildman–Crippen LogP) is -0.449. The number of amides is 1. The van der Waals surface area contributed by atoms with Gasteiger partial charge in [0, 0.05) is 0 Å². The first-order valence-corrected chi connectivity index (χ1v) is 3.94. The smallest absolute Gasteiger partial charge is 0.413 e. The maximum atomic E-state index is 10.8. The fourth-order valence-electron chi connectivity index (χ4n) is 0.758. The van der Waals surface area contributed by atoms with E-state index in [4.69, 9.17) is 9.84 Å². The average molecular weight is 214 g/mol. The van der Waals surface area contributed by atoms with Gasteiger partial charge in [-0.1, -0.05) is 0 Å². The molecule has 1 amide bonds. The first-order valence-electron chi connectivity index (χ1n) is 3.94. The largest absolute Gasteiger partial charge is 0.467 e. The molecule has 0 spiro atoms. The summed E-state index contributed by atoms with van der Waals surface area (Å²) in [7, 11) is 2.57. The standard InChI is InChI=1S/C7H10N4O4/c1-14-6-9-4(3-12)8-5(10-6)11-7(13)15-2/h12H,3H2,1-2H3,(H,8,9,10,11,13). The fraction of sp³-hybridized carbons (Fsp3) is 0.429. The topological polar surface area (TPSA) is 106 Å². The predicted molar refractivity (Wildman–Crippen MR) is 48.3 cm³/mol. The number of carbonyl (C=O) groups is 1. The van der Waals surface area contributed by atoms with Crippen molar-refractivity contribution >= 4 is 12.0 Å². The molecule has 0 saturated carbocycles. The molecule has 0 saturated heterocycles. The minimum atomic E-state index is -0.716. The van der Waals surface area contributed by atoms with Gasteiger partial charge in [0.25, 0.3) is 0 Å². The normalized spacial score (nSPS) is 9.53. The lowest BCUT2D eigenvalue weighted by molar-refractivity contribution is 0.186. The van der Waals surface area contributed by atoms with E-state index in [0.29, 0.717) is 0 Å². The Labute approximate surface area is 85.3 Å². The first-order chi connectivity index (χ1) is 7.19. The zero-order chi connectivity index (χ0) is 11.3. The van der Waals surface area contributed by atoms with Crippen molar-refractivity contribution in [3.8, 4) is 6.01 Å². The summed E-state index contributed by atoms with van der Waals surface area (Å²) in [6, 6.07) is 0.000420. The summed E-state index contributed by atoms with van der Waals surface area (Å²) in [6.07, 6.45) is -0.716. The van der Waals surface area contributed by atoms with Crippen LogP contribution in [-0.2, 0) is 11.3 Å². The van der Waals surface area contributed by atoms with E-state index >= 15 is 0 Å². The molecule has 1 rings (SSSR count). The van der Waals surface area contributed by atoms with E-state index < -0.39 is 6.09 Å². The lowest BCUT2D eigenvalue weighted by Crippen LogP contribution is -2.15. The van der Waals surface area contributed by atoms with E-state index in [2.05, 4.69) is 25.0 Å². The van der Waals surface area contributed by atoms with Crippen molar-refractivity contribution in [2.75, 3.05) is 19.5 Å². The maximum Gasteiger partial charge on any atom is 0.413 e. The van der Waals surface area contributed by atoms with Gasteiger partial charge in [-0.15, -0.1) is 0 Å². The quantitative estimate of drug-likeness (QED) is 0.701. The Kier molecular flexibility index (Phi) is 3.75. The number of aliphatic hydroxyl groups is 1. The van der Waals surface area contributed by atoms with Crippen molar-refractivity contribution in [2.24, 2.45) is 0 Å². The van der Waals surface area contributed by atoms with Crippen LogP contribution in [0.1, 0.15) is 5.82 Å². The molecule has 1 aromatic rings. The van der Waals surface area contributed by atoms with Crippen LogP contribution in [0, 0.1) is 0 Å². The van der Waals surface area contributed by atoms with E-state index in [1.807, 2.05) is 0 Å². The Hall–Kier alpha value is -1.96. The third-order valence-corrected chi connectivity index (χ3v) is 1.38. The molecule has 0 aliphatic rings. The van der Waals surface area contributed by atoms with Crippen LogP contribution in [0.5, 0.6) is 6.01 Å². The van der Waals surface area contributed by atoms with Gasteiger partial charge in [0.1, 0.15) is 6.61 Å². The van der Waals surface area contributed by atoms with Crippen molar-refractivity contribution in [3.63, 3.8) is 0 Å². The number of aromatic nitrogens is 3. The molecule has 8 heteroatoms. The Bertz CT molecular complexity index is 335. The number of ether oxygens (including phenoxy) is 2. The molecule has 1 heterocycles. The van der Waals surface area contributed by atoms with E-state index in [-0.39, 0.29) is 24.4 Å². The van der Waals surface area contributed by atoms with E-state index in [1.54, 1.807) is 0 Å². The van der Waals surface area contributed by atoms with Crippen molar-refractivity contribution in [3.05, 3.63) is 5.82 Å². The van der Waals surface area contributed by atoms with Gasteiger partial charge in [-0.05, 0) is 0 Å². The van der Waals surface area contributed by atoms with Gasteiger partial charge < -0.3 is 14.6 Å². The third-order valence-electron chi connectivity index (χ3n) is 1.38. The van der Waals surface area contributed by atoms with E-state index in [1.165, 1.54) is 14.2 Å². The first kappa shape index (κ1) is 11.1. The summed E-state index contributed by atoms with van der Waals surface area (Å²) < 4.78 is 9.09. The van der Waals surface area contributed by atoms with Gasteiger partial charge in [0.15, 0.2) is 5.82 Å². The molecule has 0 radical (unpaired) electrons. The monoisotopic (exact) mass is 214 g/mol. The summed E-state index contributed by atoms with van der Waals surface area (Å²) in [5.74, 6) is 0.0472. The lowest BCUT2D eigenvalue weighted by atomic mass is 10.6. The summed E-state index contributed by atoms with van der Waals surface area (Å²) >= 11 is 0. The number of hydrogen-bond donors (Lipinski definition) is 2. The molecule has 0 aliphatic heterocycles. The molecule has 0 unspecified atom stereocenters. The number of methoxy groups -OCH3 is 2. The molecule has 0 aromatic carbocycles. The van der Waals surface area contributed by atoms with Gasteiger partial charge in [-0.2, -0.15) is 15.0 Å². The molecule has 0 fully saturated rings. The van der Waals surface area contributed by atoms with Crippen LogP contribution in [0.25, 0.3) is 0 Å². The van der Waals surface area contributed by atoms with Crippen molar-refractivity contribution < 1.29 is 19.4 Å². The number of aliphatic hydroxyl groups excluding tert-OH is 1. The number of nitrogens with one attached hydrogen (secondary N) is 1. The average Bonchev–Trinajstić information content (AvgIpc) is 2.28. The summed E-state index contributed by atoms with van der Waals surface area (Å²) in [5, 5.41) is 11.0. The second-order valence-corrected chi connectivity index (χ2v) is 2.34. The maximum absolute atomic E-state index is 10.8. The molecule has 8 nitrogen and oxygen atoms in total. The third kappa shape index (κ3) is 3.02.